The molecule has 4 rings (SSSR count). The largest absolute Gasteiger partial charge is 0.497 e. The monoisotopic (exact) mass is 436 g/mol. The second-order valence-corrected chi connectivity index (χ2v) is 7.69. The van der Waals surface area contributed by atoms with E-state index in [1.165, 1.54) is 16.7 Å². The number of hydrogen-bond acceptors (Lipinski definition) is 5. The number of aryl methyl sites for hydroxylation is 1. The Morgan fingerprint density at radius 1 is 1.06 bits per heavy atom. The molecule has 0 radical (unpaired) electrons. The molecule has 3 aromatic rings. The maximum absolute atomic E-state index is 14.1. The van der Waals surface area contributed by atoms with Gasteiger partial charge in [0.15, 0.2) is 0 Å². The molecule has 1 fully saturated rings. The van der Waals surface area contributed by atoms with E-state index in [1.54, 1.807) is 49.3 Å². The van der Waals surface area contributed by atoms with Crippen LogP contribution in [0.5, 0.6) is 5.75 Å². The third kappa shape index (κ3) is 4.49. The van der Waals surface area contributed by atoms with Crippen molar-refractivity contribution >= 4 is 11.6 Å². The van der Waals surface area contributed by atoms with Crippen LogP contribution in [-0.2, 0) is 11.3 Å². The van der Waals surface area contributed by atoms with E-state index >= 15 is 0 Å². The van der Waals surface area contributed by atoms with Crippen molar-refractivity contribution in [3.63, 3.8) is 0 Å². The fraction of sp³-hybridized carbons (Fsp3) is 0.292. The molecule has 0 bridgehead atoms. The summed E-state index contributed by atoms with van der Waals surface area (Å²) in [6, 6.07) is 15.3. The summed E-state index contributed by atoms with van der Waals surface area (Å²) in [7, 11) is 1.58. The summed E-state index contributed by atoms with van der Waals surface area (Å²) >= 11 is 0. The molecule has 1 aromatic heterocycles. The van der Waals surface area contributed by atoms with Crippen molar-refractivity contribution in [2.75, 3.05) is 38.2 Å². The molecule has 32 heavy (non-hydrogen) atoms. The van der Waals surface area contributed by atoms with Gasteiger partial charge in [0.05, 0.1) is 12.8 Å². The van der Waals surface area contributed by atoms with Crippen LogP contribution in [-0.4, -0.2) is 53.6 Å². The molecule has 1 amide bonds. The summed E-state index contributed by atoms with van der Waals surface area (Å²) in [6.07, 6.45) is 0. The maximum atomic E-state index is 14.1. The third-order valence-corrected chi connectivity index (χ3v) is 5.60. The molecule has 7 nitrogen and oxygen atoms in total. The van der Waals surface area contributed by atoms with Crippen molar-refractivity contribution in [2.45, 2.75) is 13.5 Å². The highest BCUT2D eigenvalue weighted by atomic mass is 19.1. The molecular formula is C24H25FN4O3. The van der Waals surface area contributed by atoms with Crippen molar-refractivity contribution in [1.29, 1.82) is 0 Å². The van der Waals surface area contributed by atoms with Gasteiger partial charge in [-0.05, 0) is 43.3 Å². The molecule has 8 heteroatoms. The lowest BCUT2D eigenvalue weighted by molar-refractivity contribution is -0.132. The van der Waals surface area contributed by atoms with Gasteiger partial charge < -0.3 is 14.5 Å². The maximum Gasteiger partial charge on any atom is 0.254 e. The van der Waals surface area contributed by atoms with E-state index in [9.17, 15) is 14.0 Å². The quantitative estimate of drug-likeness (QED) is 0.615. The number of rotatable bonds is 5. The van der Waals surface area contributed by atoms with Crippen LogP contribution >= 0.6 is 0 Å². The zero-order valence-electron chi connectivity index (χ0n) is 18.1. The summed E-state index contributed by atoms with van der Waals surface area (Å²) in [5, 5.41) is 0. The zero-order chi connectivity index (χ0) is 22.7. The standard InChI is InChI=1S/C24H25FN4O3/c1-17-15-22(30)29(24(26-17)18-7-9-19(32-2)10-8-18)16-23(31)28-13-11-27(12-14-28)21-6-4-3-5-20(21)25/h3-10,15H,11-14,16H2,1-2H3. The number of benzene rings is 2. The van der Waals surface area contributed by atoms with E-state index in [0.717, 1.165) is 5.56 Å². The molecule has 2 aromatic carbocycles. The van der Waals surface area contributed by atoms with Gasteiger partial charge in [-0.25, -0.2) is 9.37 Å². The minimum atomic E-state index is -0.276. The van der Waals surface area contributed by atoms with E-state index in [0.29, 0.717) is 49.1 Å². The minimum absolute atomic E-state index is 0.104. The van der Waals surface area contributed by atoms with Crippen LogP contribution in [0.2, 0.25) is 0 Å². The lowest BCUT2D eigenvalue weighted by Crippen LogP contribution is -2.50. The lowest BCUT2D eigenvalue weighted by Gasteiger charge is -2.36. The summed E-state index contributed by atoms with van der Waals surface area (Å²) in [5.41, 5.74) is 1.58. The van der Waals surface area contributed by atoms with Gasteiger partial charge in [0.2, 0.25) is 5.91 Å². The number of carbonyl (C=O) groups is 1. The SMILES string of the molecule is COc1ccc(-c2nc(C)cc(=O)n2CC(=O)N2CCN(c3ccccc3F)CC2)cc1. The first-order valence-corrected chi connectivity index (χ1v) is 10.5. The minimum Gasteiger partial charge on any atom is -0.497 e. The number of hydrogen-bond donors (Lipinski definition) is 0. The Hall–Kier alpha value is -3.68. The number of para-hydroxylation sites is 1. The van der Waals surface area contributed by atoms with Crippen molar-refractivity contribution in [3.8, 4) is 17.1 Å². The Kier molecular flexibility index (Phi) is 6.20. The van der Waals surface area contributed by atoms with Gasteiger partial charge in [-0.3, -0.25) is 14.2 Å². The first-order chi connectivity index (χ1) is 15.5. The number of anilines is 1. The second-order valence-electron chi connectivity index (χ2n) is 7.69. The van der Waals surface area contributed by atoms with Gasteiger partial charge in [-0.15, -0.1) is 0 Å². The molecule has 166 valence electrons. The predicted octanol–water partition coefficient (Wildman–Crippen LogP) is 2.72. The average molecular weight is 436 g/mol. The molecule has 0 unspecified atom stereocenters. The van der Waals surface area contributed by atoms with Crippen LogP contribution in [0.3, 0.4) is 0 Å². The van der Waals surface area contributed by atoms with Crippen LogP contribution in [0.4, 0.5) is 10.1 Å². The van der Waals surface area contributed by atoms with Gasteiger partial charge >= 0.3 is 0 Å². The Balaban J connectivity index is 1.51. The lowest BCUT2D eigenvalue weighted by atomic mass is 10.2. The van der Waals surface area contributed by atoms with Gasteiger partial charge in [-0.1, -0.05) is 12.1 Å². The van der Waals surface area contributed by atoms with Gasteiger partial charge in [0.25, 0.3) is 5.56 Å². The fourth-order valence-corrected chi connectivity index (χ4v) is 3.87. The van der Waals surface area contributed by atoms with E-state index in [-0.39, 0.29) is 23.8 Å². The molecule has 0 spiro atoms. The van der Waals surface area contributed by atoms with Crippen molar-refractivity contribution in [3.05, 3.63) is 76.5 Å². The highest BCUT2D eigenvalue weighted by molar-refractivity contribution is 5.77. The van der Waals surface area contributed by atoms with E-state index in [4.69, 9.17) is 4.74 Å². The van der Waals surface area contributed by atoms with Crippen LogP contribution < -0.4 is 15.2 Å². The number of methoxy groups -OCH3 is 1. The molecule has 1 saturated heterocycles. The summed E-state index contributed by atoms with van der Waals surface area (Å²) in [6.45, 7) is 3.62. The normalized spacial score (nSPS) is 13.8. The Morgan fingerprint density at radius 2 is 1.75 bits per heavy atom. The highest BCUT2D eigenvalue weighted by Crippen LogP contribution is 2.22. The summed E-state index contributed by atoms with van der Waals surface area (Å²) in [5.74, 6) is 0.699. The predicted molar refractivity (Wildman–Crippen MR) is 120 cm³/mol. The number of carbonyl (C=O) groups excluding carboxylic acids is 1. The third-order valence-electron chi connectivity index (χ3n) is 5.60. The van der Waals surface area contributed by atoms with Crippen molar-refractivity contribution in [2.24, 2.45) is 0 Å². The van der Waals surface area contributed by atoms with Crippen molar-refractivity contribution in [1.82, 2.24) is 14.5 Å². The molecule has 1 aliphatic heterocycles. The second kappa shape index (κ2) is 9.21. The number of halogens is 1. The van der Waals surface area contributed by atoms with E-state index in [1.807, 2.05) is 17.0 Å². The van der Waals surface area contributed by atoms with Gasteiger partial charge in [0.1, 0.15) is 23.9 Å². The highest BCUT2D eigenvalue weighted by Gasteiger charge is 2.24. The Morgan fingerprint density at radius 3 is 2.41 bits per heavy atom. The number of piperazine rings is 1. The van der Waals surface area contributed by atoms with E-state index < -0.39 is 0 Å². The first-order valence-electron chi connectivity index (χ1n) is 10.5. The summed E-state index contributed by atoms with van der Waals surface area (Å²) < 4.78 is 20.7. The van der Waals surface area contributed by atoms with Crippen molar-refractivity contribution < 1.29 is 13.9 Å². The number of ether oxygens (including phenoxy) is 1. The van der Waals surface area contributed by atoms with Crippen LogP contribution in [0, 0.1) is 12.7 Å². The zero-order valence-corrected chi connectivity index (χ0v) is 18.1. The van der Waals surface area contributed by atoms with Crippen LogP contribution in [0.1, 0.15) is 5.69 Å². The molecule has 1 aliphatic rings. The average Bonchev–Trinajstić information content (AvgIpc) is 2.81. The fourth-order valence-electron chi connectivity index (χ4n) is 3.87. The van der Waals surface area contributed by atoms with Crippen LogP contribution in [0.15, 0.2) is 59.4 Å². The van der Waals surface area contributed by atoms with E-state index in [2.05, 4.69) is 4.98 Å². The number of nitrogens with zero attached hydrogens (tertiary/aromatic N) is 4. The smallest absolute Gasteiger partial charge is 0.254 e. The van der Waals surface area contributed by atoms with Crippen LogP contribution in [0.25, 0.3) is 11.4 Å². The molecule has 0 atom stereocenters. The Labute approximate surface area is 185 Å². The topological polar surface area (TPSA) is 67.7 Å². The molecule has 0 saturated carbocycles. The molecule has 0 aliphatic carbocycles. The van der Waals surface area contributed by atoms with Gasteiger partial charge in [-0.2, -0.15) is 0 Å². The summed E-state index contributed by atoms with van der Waals surface area (Å²) in [4.78, 5) is 33.9. The molecular weight excluding hydrogens is 411 g/mol. The first kappa shape index (κ1) is 21.5. The number of amides is 1. The molecule has 2 heterocycles. The molecule has 0 N–H and O–H groups in total. The van der Waals surface area contributed by atoms with Gasteiger partial charge in [0, 0.05) is 43.5 Å². The Bertz CT molecular complexity index is 1170. The number of aromatic nitrogens is 2.